The minimum absolute atomic E-state index is 0.113. The molecule has 1 aliphatic rings. The van der Waals surface area contributed by atoms with Gasteiger partial charge in [-0.15, -0.1) is 0 Å². The Hall–Kier alpha value is -1.59. The van der Waals surface area contributed by atoms with E-state index in [4.69, 9.17) is 4.74 Å². The van der Waals surface area contributed by atoms with E-state index in [1.165, 1.54) is 0 Å². The van der Waals surface area contributed by atoms with Gasteiger partial charge < -0.3 is 20.1 Å². The molecule has 0 spiro atoms. The molecule has 1 aromatic carbocycles. The Labute approximate surface area is 113 Å². The van der Waals surface area contributed by atoms with Crippen LogP contribution in [0.2, 0.25) is 0 Å². The molecule has 19 heavy (non-hydrogen) atoms. The highest BCUT2D eigenvalue weighted by atomic mass is 16.5. The Morgan fingerprint density at radius 3 is 2.63 bits per heavy atom. The number of hydrogen-bond donors (Lipinski definition) is 2. The highest BCUT2D eigenvalue weighted by Crippen LogP contribution is 2.09. The lowest BCUT2D eigenvalue weighted by atomic mass is 10.2. The molecule has 0 aromatic heterocycles. The zero-order valence-electron chi connectivity index (χ0n) is 11.1. The summed E-state index contributed by atoms with van der Waals surface area (Å²) >= 11 is 0. The number of amides is 1. The molecule has 1 amide bonds. The third-order valence-corrected chi connectivity index (χ3v) is 3.24. The Morgan fingerprint density at radius 2 is 2.00 bits per heavy atom. The Kier molecular flexibility index (Phi) is 4.76. The van der Waals surface area contributed by atoms with E-state index in [1.807, 2.05) is 24.0 Å². The monoisotopic (exact) mass is 264 g/mol. The van der Waals surface area contributed by atoms with Crippen LogP contribution in [0.3, 0.4) is 0 Å². The molecule has 2 rings (SSSR count). The minimum atomic E-state index is -0.216. The second kappa shape index (κ2) is 6.54. The van der Waals surface area contributed by atoms with Gasteiger partial charge in [0.15, 0.2) is 0 Å². The number of hydrogen-bond acceptors (Lipinski definition) is 4. The van der Waals surface area contributed by atoms with Crippen molar-refractivity contribution in [3.8, 4) is 5.75 Å². The number of phenolic OH excluding ortho intramolecular Hbond substituents is 1. The van der Waals surface area contributed by atoms with Crippen LogP contribution in [0.15, 0.2) is 24.3 Å². The summed E-state index contributed by atoms with van der Waals surface area (Å²) in [4.78, 5) is 14.0. The number of ether oxygens (including phenoxy) is 1. The van der Waals surface area contributed by atoms with Gasteiger partial charge in [0.25, 0.3) is 0 Å². The summed E-state index contributed by atoms with van der Waals surface area (Å²) in [6, 6.07) is 6.76. The fourth-order valence-corrected chi connectivity index (χ4v) is 2.03. The number of nitrogens with zero attached hydrogens (tertiary/aromatic N) is 1. The standard InChI is InChI=1S/C14H20N2O3/c1-11(14(18)16-6-8-19-9-7-16)15-10-12-2-4-13(17)5-3-12/h2-5,11,15,17H,6-10H2,1H3. The lowest BCUT2D eigenvalue weighted by molar-refractivity contribution is -0.137. The maximum atomic E-state index is 12.1. The highest BCUT2D eigenvalue weighted by molar-refractivity contribution is 5.81. The highest BCUT2D eigenvalue weighted by Gasteiger charge is 2.21. The van der Waals surface area contributed by atoms with E-state index in [2.05, 4.69) is 5.32 Å². The van der Waals surface area contributed by atoms with E-state index in [0.29, 0.717) is 32.8 Å². The van der Waals surface area contributed by atoms with Gasteiger partial charge in [0.2, 0.25) is 5.91 Å². The fourth-order valence-electron chi connectivity index (χ4n) is 2.03. The molecule has 1 aliphatic heterocycles. The predicted octanol–water partition coefficient (Wildman–Crippen LogP) is 0.729. The zero-order valence-corrected chi connectivity index (χ0v) is 11.1. The predicted molar refractivity (Wildman–Crippen MR) is 71.8 cm³/mol. The van der Waals surface area contributed by atoms with Crippen molar-refractivity contribution < 1.29 is 14.6 Å². The molecule has 1 atom stereocenters. The van der Waals surface area contributed by atoms with Crippen molar-refractivity contribution in [1.29, 1.82) is 0 Å². The molecule has 0 radical (unpaired) electrons. The zero-order chi connectivity index (χ0) is 13.7. The van der Waals surface area contributed by atoms with E-state index in [0.717, 1.165) is 5.56 Å². The maximum Gasteiger partial charge on any atom is 0.239 e. The van der Waals surface area contributed by atoms with Crippen LogP contribution in [-0.2, 0) is 16.1 Å². The van der Waals surface area contributed by atoms with Crippen molar-refractivity contribution in [2.24, 2.45) is 0 Å². The van der Waals surface area contributed by atoms with Crippen LogP contribution in [0.4, 0.5) is 0 Å². The van der Waals surface area contributed by atoms with E-state index in [1.54, 1.807) is 12.1 Å². The molecule has 1 unspecified atom stereocenters. The molecule has 1 aromatic rings. The minimum Gasteiger partial charge on any atom is -0.508 e. The summed E-state index contributed by atoms with van der Waals surface area (Å²) in [6.45, 7) is 5.07. The van der Waals surface area contributed by atoms with Crippen LogP contribution >= 0.6 is 0 Å². The van der Waals surface area contributed by atoms with Crippen molar-refractivity contribution in [3.05, 3.63) is 29.8 Å². The number of phenols is 1. The summed E-state index contributed by atoms with van der Waals surface area (Å²) in [5, 5.41) is 12.4. The van der Waals surface area contributed by atoms with Crippen molar-refractivity contribution in [3.63, 3.8) is 0 Å². The number of nitrogens with one attached hydrogen (secondary N) is 1. The van der Waals surface area contributed by atoms with E-state index < -0.39 is 0 Å². The largest absolute Gasteiger partial charge is 0.508 e. The molecule has 1 fully saturated rings. The molecule has 0 aliphatic carbocycles. The van der Waals surface area contributed by atoms with Gasteiger partial charge in [-0.3, -0.25) is 4.79 Å². The lowest BCUT2D eigenvalue weighted by Crippen LogP contribution is -2.49. The number of aromatic hydroxyl groups is 1. The Morgan fingerprint density at radius 1 is 1.37 bits per heavy atom. The number of carbonyl (C=O) groups excluding carboxylic acids is 1. The number of carbonyl (C=O) groups is 1. The molecule has 1 saturated heterocycles. The molecule has 0 bridgehead atoms. The smallest absolute Gasteiger partial charge is 0.239 e. The lowest BCUT2D eigenvalue weighted by Gasteiger charge is -2.29. The maximum absolute atomic E-state index is 12.1. The fraction of sp³-hybridized carbons (Fsp3) is 0.500. The Bertz CT molecular complexity index is 413. The molecule has 5 nitrogen and oxygen atoms in total. The quantitative estimate of drug-likeness (QED) is 0.841. The SMILES string of the molecule is CC(NCc1ccc(O)cc1)C(=O)N1CCOCC1. The normalized spacial score (nSPS) is 17.2. The summed E-state index contributed by atoms with van der Waals surface area (Å²) in [7, 11) is 0. The second-order valence-electron chi connectivity index (χ2n) is 4.71. The van der Waals surface area contributed by atoms with Gasteiger partial charge in [-0.2, -0.15) is 0 Å². The van der Waals surface area contributed by atoms with Crippen LogP contribution in [0, 0.1) is 0 Å². The van der Waals surface area contributed by atoms with Crippen LogP contribution < -0.4 is 5.32 Å². The summed E-state index contributed by atoms with van der Waals surface area (Å²) in [6.07, 6.45) is 0. The summed E-state index contributed by atoms with van der Waals surface area (Å²) in [5.41, 5.74) is 1.04. The molecule has 104 valence electrons. The molecule has 0 saturated carbocycles. The number of benzene rings is 1. The average Bonchev–Trinajstić information content (AvgIpc) is 2.46. The summed E-state index contributed by atoms with van der Waals surface area (Å²) < 4.78 is 5.23. The first kappa shape index (κ1) is 13.8. The molecular weight excluding hydrogens is 244 g/mol. The van der Waals surface area contributed by atoms with Crippen LogP contribution in [0.5, 0.6) is 5.75 Å². The van der Waals surface area contributed by atoms with Crippen molar-refractivity contribution in [1.82, 2.24) is 10.2 Å². The van der Waals surface area contributed by atoms with Gasteiger partial charge in [0, 0.05) is 19.6 Å². The molecule has 5 heteroatoms. The van der Waals surface area contributed by atoms with Crippen LogP contribution in [0.25, 0.3) is 0 Å². The third-order valence-electron chi connectivity index (χ3n) is 3.24. The topological polar surface area (TPSA) is 61.8 Å². The van der Waals surface area contributed by atoms with Gasteiger partial charge in [-0.25, -0.2) is 0 Å². The first-order valence-corrected chi connectivity index (χ1v) is 6.54. The number of rotatable bonds is 4. The van der Waals surface area contributed by atoms with Gasteiger partial charge in [-0.05, 0) is 24.6 Å². The van der Waals surface area contributed by atoms with E-state index >= 15 is 0 Å². The molecular formula is C14H20N2O3. The van der Waals surface area contributed by atoms with Crippen molar-refractivity contribution in [2.75, 3.05) is 26.3 Å². The van der Waals surface area contributed by atoms with Gasteiger partial charge in [0.05, 0.1) is 19.3 Å². The molecule has 2 N–H and O–H groups in total. The molecule has 1 heterocycles. The van der Waals surface area contributed by atoms with Gasteiger partial charge in [-0.1, -0.05) is 12.1 Å². The first-order chi connectivity index (χ1) is 9.16. The van der Waals surface area contributed by atoms with Crippen molar-refractivity contribution in [2.45, 2.75) is 19.5 Å². The van der Waals surface area contributed by atoms with Gasteiger partial charge in [0.1, 0.15) is 5.75 Å². The third kappa shape index (κ3) is 3.94. The average molecular weight is 264 g/mol. The van der Waals surface area contributed by atoms with E-state index in [9.17, 15) is 9.90 Å². The Balaban J connectivity index is 1.81. The van der Waals surface area contributed by atoms with E-state index in [-0.39, 0.29) is 17.7 Å². The number of morpholine rings is 1. The van der Waals surface area contributed by atoms with Crippen LogP contribution in [-0.4, -0.2) is 48.3 Å². The second-order valence-corrected chi connectivity index (χ2v) is 4.71. The van der Waals surface area contributed by atoms with Gasteiger partial charge >= 0.3 is 0 Å². The van der Waals surface area contributed by atoms with Crippen LogP contribution in [0.1, 0.15) is 12.5 Å². The first-order valence-electron chi connectivity index (χ1n) is 6.54. The van der Waals surface area contributed by atoms with Crippen molar-refractivity contribution >= 4 is 5.91 Å². The summed E-state index contributed by atoms with van der Waals surface area (Å²) in [5.74, 6) is 0.364.